The van der Waals surface area contributed by atoms with Crippen LogP contribution in [0, 0.1) is 0 Å². The molecule has 0 aliphatic heterocycles. The number of carbonyl (C=O) groups excluding carboxylic acids is 1. The van der Waals surface area contributed by atoms with Crippen molar-refractivity contribution in [2.24, 2.45) is 0 Å². The van der Waals surface area contributed by atoms with Gasteiger partial charge in [0.25, 0.3) is 0 Å². The van der Waals surface area contributed by atoms with E-state index in [1.54, 1.807) is 22.7 Å². The van der Waals surface area contributed by atoms with E-state index in [1.807, 2.05) is 5.38 Å². The number of Topliss-reactive ketones (excluding diaryl/α,β-unsaturated/α-hetero) is 1. The normalized spacial score (nSPS) is 15.3. The smallest absolute Gasteiger partial charge is 0.174 e. The SMILES string of the molecule is O=C1CCCc2nc(-c3ccsc3)sc21. The zero-order valence-electron chi connectivity index (χ0n) is 8.03. The van der Waals surface area contributed by atoms with E-state index in [-0.39, 0.29) is 5.78 Å². The summed E-state index contributed by atoms with van der Waals surface area (Å²) in [6.45, 7) is 0. The van der Waals surface area contributed by atoms with Gasteiger partial charge in [0.2, 0.25) is 0 Å². The molecule has 76 valence electrons. The van der Waals surface area contributed by atoms with Crippen LogP contribution in [0.5, 0.6) is 0 Å². The van der Waals surface area contributed by atoms with Crippen LogP contribution in [0.4, 0.5) is 0 Å². The number of ketones is 1. The quantitative estimate of drug-likeness (QED) is 0.758. The number of rotatable bonds is 1. The van der Waals surface area contributed by atoms with E-state index < -0.39 is 0 Å². The van der Waals surface area contributed by atoms with Crippen LogP contribution >= 0.6 is 22.7 Å². The highest BCUT2D eigenvalue weighted by atomic mass is 32.1. The minimum Gasteiger partial charge on any atom is -0.293 e. The highest BCUT2D eigenvalue weighted by Crippen LogP contribution is 2.33. The first-order chi connectivity index (χ1) is 7.34. The molecule has 0 amide bonds. The lowest BCUT2D eigenvalue weighted by molar-refractivity contribution is 0.0976. The molecular formula is C11H9NOS2. The highest BCUT2D eigenvalue weighted by molar-refractivity contribution is 7.17. The van der Waals surface area contributed by atoms with Crippen LogP contribution in [-0.2, 0) is 6.42 Å². The number of hydrogen-bond donors (Lipinski definition) is 0. The van der Waals surface area contributed by atoms with Crippen molar-refractivity contribution in [3.63, 3.8) is 0 Å². The molecule has 0 saturated heterocycles. The number of thiophene rings is 1. The molecule has 4 heteroatoms. The van der Waals surface area contributed by atoms with Gasteiger partial charge in [-0.25, -0.2) is 4.98 Å². The van der Waals surface area contributed by atoms with E-state index in [9.17, 15) is 4.79 Å². The van der Waals surface area contributed by atoms with Crippen molar-refractivity contribution in [2.45, 2.75) is 19.3 Å². The van der Waals surface area contributed by atoms with Gasteiger partial charge < -0.3 is 0 Å². The number of thiazole rings is 1. The van der Waals surface area contributed by atoms with Crippen molar-refractivity contribution in [3.8, 4) is 10.6 Å². The molecule has 2 aromatic rings. The third-order valence-electron chi connectivity index (χ3n) is 2.54. The molecule has 1 aliphatic rings. The topological polar surface area (TPSA) is 30.0 Å². The van der Waals surface area contributed by atoms with Gasteiger partial charge in [-0.15, -0.1) is 11.3 Å². The fourth-order valence-electron chi connectivity index (χ4n) is 1.78. The summed E-state index contributed by atoms with van der Waals surface area (Å²) in [5.41, 5.74) is 2.16. The summed E-state index contributed by atoms with van der Waals surface area (Å²) in [5.74, 6) is 0.273. The van der Waals surface area contributed by atoms with Crippen LogP contribution in [0.25, 0.3) is 10.6 Å². The number of aryl methyl sites for hydroxylation is 1. The van der Waals surface area contributed by atoms with Gasteiger partial charge >= 0.3 is 0 Å². The standard InChI is InChI=1S/C11H9NOS2/c13-9-3-1-2-8-10(9)15-11(12-8)7-4-5-14-6-7/h4-6H,1-3H2. The minimum atomic E-state index is 0.273. The second-order valence-corrected chi connectivity index (χ2v) is 5.36. The Morgan fingerprint density at radius 1 is 1.33 bits per heavy atom. The number of aromatic nitrogens is 1. The lowest BCUT2D eigenvalue weighted by Gasteiger charge is -2.06. The van der Waals surface area contributed by atoms with Crippen LogP contribution in [-0.4, -0.2) is 10.8 Å². The molecule has 2 heterocycles. The zero-order chi connectivity index (χ0) is 10.3. The Morgan fingerprint density at radius 2 is 2.27 bits per heavy atom. The summed E-state index contributed by atoms with van der Waals surface area (Å²) in [6.07, 6.45) is 2.61. The Morgan fingerprint density at radius 3 is 3.00 bits per heavy atom. The van der Waals surface area contributed by atoms with Crippen LogP contribution in [0.1, 0.15) is 28.2 Å². The lowest BCUT2D eigenvalue weighted by Crippen LogP contribution is -2.07. The summed E-state index contributed by atoms with van der Waals surface area (Å²) < 4.78 is 0. The molecule has 0 N–H and O–H groups in total. The Balaban J connectivity index is 2.09. The molecule has 0 radical (unpaired) electrons. The van der Waals surface area contributed by atoms with E-state index in [1.165, 1.54) is 0 Å². The van der Waals surface area contributed by atoms with Crippen molar-refractivity contribution < 1.29 is 4.79 Å². The minimum absolute atomic E-state index is 0.273. The van der Waals surface area contributed by atoms with E-state index in [0.717, 1.165) is 34.0 Å². The maximum atomic E-state index is 11.6. The van der Waals surface area contributed by atoms with Crippen LogP contribution in [0.2, 0.25) is 0 Å². The summed E-state index contributed by atoms with van der Waals surface area (Å²) >= 11 is 3.21. The van der Waals surface area contributed by atoms with Gasteiger partial charge in [-0.3, -0.25) is 4.79 Å². The molecule has 15 heavy (non-hydrogen) atoms. The van der Waals surface area contributed by atoms with Crippen molar-refractivity contribution in [1.29, 1.82) is 0 Å². The second kappa shape index (κ2) is 3.54. The molecule has 2 nitrogen and oxygen atoms in total. The van der Waals surface area contributed by atoms with Crippen molar-refractivity contribution in [3.05, 3.63) is 27.4 Å². The number of hydrogen-bond acceptors (Lipinski definition) is 4. The predicted molar refractivity (Wildman–Crippen MR) is 62.7 cm³/mol. The van der Waals surface area contributed by atoms with Crippen molar-refractivity contribution >= 4 is 28.5 Å². The monoisotopic (exact) mass is 235 g/mol. The summed E-state index contributed by atoms with van der Waals surface area (Å²) in [4.78, 5) is 17.1. The average molecular weight is 235 g/mol. The maximum absolute atomic E-state index is 11.6. The highest BCUT2D eigenvalue weighted by Gasteiger charge is 2.22. The molecule has 2 aromatic heterocycles. The van der Waals surface area contributed by atoms with Crippen molar-refractivity contribution in [2.75, 3.05) is 0 Å². The summed E-state index contributed by atoms with van der Waals surface area (Å²) in [7, 11) is 0. The number of carbonyl (C=O) groups is 1. The van der Waals surface area contributed by atoms with Gasteiger partial charge in [0, 0.05) is 17.4 Å². The van der Waals surface area contributed by atoms with E-state index >= 15 is 0 Å². The van der Waals surface area contributed by atoms with Crippen LogP contribution in [0.15, 0.2) is 16.8 Å². The Kier molecular flexibility index (Phi) is 2.18. The lowest BCUT2D eigenvalue weighted by atomic mass is 10.0. The van der Waals surface area contributed by atoms with Gasteiger partial charge in [-0.1, -0.05) is 0 Å². The molecule has 0 saturated carbocycles. The molecule has 1 aliphatic carbocycles. The van der Waals surface area contributed by atoms with Crippen LogP contribution in [0.3, 0.4) is 0 Å². The average Bonchev–Trinajstić information content (AvgIpc) is 2.86. The van der Waals surface area contributed by atoms with Gasteiger partial charge in [-0.05, 0) is 24.3 Å². The molecular weight excluding hydrogens is 226 g/mol. The molecule has 0 bridgehead atoms. The fourth-order valence-corrected chi connectivity index (χ4v) is 3.57. The summed E-state index contributed by atoms with van der Waals surface area (Å²) in [6, 6.07) is 2.05. The molecule has 0 unspecified atom stereocenters. The first kappa shape index (κ1) is 9.24. The third-order valence-corrected chi connectivity index (χ3v) is 4.41. The van der Waals surface area contributed by atoms with E-state index in [2.05, 4.69) is 16.4 Å². The van der Waals surface area contributed by atoms with Gasteiger partial charge in [-0.2, -0.15) is 11.3 Å². The van der Waals surface area contributed by atoms with Crippen LogP contribution < -0.4 is 0 Å². The predicted octanol–water partition coefficient (Wildman–Crippen LogP) is 3.39. The molecule has 0 spiro atoms. The Bertz CT molecular complexity index is 499. The number of fused-ring (bicyclic) bond motifs is 1. The maximum Gasteiger partial charge on any atom is 0.174 e. The first-order valence-corrected chi connectivity index (χ1v) is 6.66. The molecule has 0 atom stereocenters. The first-order valence-electron chi connectivity index (χ1n) is 4.90. The van der Waals surface area contributed by atoms with Gasteiger partial charge in [0.1, 0.15) is 5.01 Å². The largest absolute Gasteiger partial charge is 0.293 e. The molecule has 0 fully saturated rings. The zero-order valence-corrected chi connectivity index (χ0v) is 9.66. The van der Waals surface area contributed by atoms with Crippen molar-refractivity contribution in [1.82, 2.24) is 4.98 Å². The molecule has 0 aromatic carbocycles. The second-order valence-electron chi connectivity index (χ2n) is 3.58. The fraction of sp³-hybridized carbons (Fsp3) is 0.273. The van der Waals surface area contributed by atoms with E-state index in [0.29, 0.717) is 6.42 Å². The Hall–Kier alpha value is -1.00. The Labute approximate surface area is 95.6 Å². The number of nitrogens with zero attached hydrogens (tertiary/aromatic N) is 1. The van der Waals surface area contributed by atoms with E-state index in [4.69, 9.17) is 0 Å². The van der Waals surface area contributed by atoms with Gasteiger partial charge in [0.05, 0.1) is 10.6 Å². The third kappa shape index (κ3) is 1.54. The molecule has 3 rings (SSSR count). The summed E-state index contributed by atoms with van der Waals surface area (Å²) in [5, 5.41) is 5.11. The van der Waals surface area contributed by atoms with Gasteiger partial charge in [0.15, 0.2) is 5.78 Å².